The first-order valence-electron chi connectivity index (χ1n) is 10.0. The van der Waals surface area contributed by atoms with Gasteiger partial charge in [-0.1, -0.05) is 44.0 Å². The molecule has 0 spiro atoms. The first kappa shape index (κ1) is 21.7. The van der Waals surface area contributed by atoms with Crippen molar-refractivity contribution in [1.82, 2.24) is 9.78 Å². The van der Waals surface area contributed by atoms with Crippen molar-refractivity contribution in [3.63, 3.8) is 0 Å². The molecule has 1 N–H and O–H groups in total. The third kappa shape index (κ3) is 5.34. The molecule has 0 fully saturated rings. The van der Waals surface area contributed by atoms with Crippen LogP contribution < -0.4 is 10.9 Å². The molecule has 0 bridgehead atoms. The lowest BCUT2D eigenvalue weighted by atomic mass is 10.1. The number of hydrogen-bond acceptors (Lipinski definition) is 6. The van der Waals surface area contributed by atoms with Gasteiger partial charge in [0.2, 0.25) is 0 Å². The molecule has 0 saturated carbocycles. The van der Waals surface area contributed by atoms with Gasteiger partial charge in [0.25, 0.3) is 11.5 Å². The minimum absolute atomic E-state index is 0.00836. The minimum Gasteiger partial charge on any atom is -0.451 e. The maximum atomic E-state index is 12.7. The quantitative estimate of drug-likeness (QED) is 0.444. The monoisotopic (exact) mass is 418 g/mol. The fraction of sp³-hybridized carbons (Fsp3) is 0.261. The highest BCUT2D eigenvalue weighted by Crippen LogP contribution is 2.15. The summed E-state index contributed by atoms with van der Waals surface area (Å²) < 4.78 is 6.43. The van der Waals surface area contributed by atoms with Crippen LogP contribution in [0.1, 0.15) is 42.2 Å². The summed E-state index contributed by atoms with van der Waals surface area (Å²) in [5.74, 6) is -1.34. The molecule has 0 atom stereocenters. The van der Waals surface area contributed by atoms with Crippen LogP contribution in [0.25, 0.3) is 10.8 Å². The average molecular weight is 418 g/mol. The number of ether oxygens (including phenoxy) is 1. The number of carbonyl (C=O) groups excluding carboxylic acids is 2. The third-order valence-corrected chi connectivity index (χ3v) is 4.64. The maximum absolute atomic E-state index is 12.7. The Hall–Kier alpha value is -3.99. The predicted octanol–water partition coefficient (Wildman–Crippen LogP) is 3.25. The maximum Gasteiger partial charge on any atom is 0.359 e. The van der Waals surface area contributed by atoms with Gasteiger partial charge in [0.05, 0.1) is 17.0 Å². The van der Waals surface area contributed by atoms with E-state index < -0.39 is 18.5 Å². The van der Waals surface area contributed by atoms with E-state index in [4.69, 9.17) is 10.00 Å². The molecule has 2 aromatic carbocycles. The summed E-state index contributed by atoms with van der Waals surface area (Å²) >= 11 is 0. The van der Waals surface area contributed by atoms with E-state index >= 15 is 0 Å². The molecule has 3 aromatic rings. The summed E-state index contributed by atoms with van der Waals surface area (Å²) in [4.78, 5) is 37.5. The Bertz CT molecular complexity index is 1210. The van der Waals surface area contributed by atoms with E-state index in [9.17, 15) is 14.4 Å². The average Bonchev–Trinajstić information content (AvgIpc) is 2.79. The molecule has 3 rings (SSSR count). The molecule has 8 heteroatoms. The van der Waals surface area contributed by atoms with Crippen LogP contribution in [0.2, 0.25) is 0 Å². The molecule has 8 nitrogen and oxygen atoms in total. The highest BCUT2D eigenvalue weighted by Gasteiger charge is 2.19. The predicted molar refractivity (Wildman–Crippen MR) is 116 cm³/mol. The van der Waals surface area contributed by atoms with E-state index in [1.54, 1.807) is 42.5 Å². The number of nitriles is 1. The fourth-order valence-corrected chi connectivity index (χ4v) is 3.11. The molecule has 0 aliphatic rings. The second-order valence-electron chi connectivity index (χ2n) is 6.95. The zero-order valence-corrected chi connectivity index (χ0v) is 17.1. The second-order valence-corrected chi connectivity index (χ2v) is 6.95. The Balaban J connectivity index is 1.76. The molecule has 0 aliphatic heterocycles. The zero-order valence-electron chi connectivity index (χ0n) is 17.1. The van der Waals surface area contributed by atoms with Gasteiger partial charge in [0.1, 0.15) is 0 Å². The van der Waals surface area contributed by atoms with Crippen molar-refractivity contribution in [3.05, 3.63) is 70.1 Å². The summed E-state index contributed by atoms with van der Waals surface area (Å²) in [6, 6.07) is 15.1. The number of carbonyl (C=O) groups is 2. The van der Waals surface area contributed by atoms with E-state index in [-0.39, 0.29) is 11.3 Å². The van der Waals surface area contributed by atoms with Crippen LogP contribution in [0.15, 0.2) is 53.3 Å². The van der Waals surface area contributed by atoms with E-state index in [1.165, 1.54) is 10.7 Å². The number of nitrogens with zero attached hydrogens (tertiary/aromatic N) is 3. The number of nitrogens with one attached hydrogen (secondary N) is 1. The number of hydrogen-bond donors (Lipinski definition) is 1. The Labute approximate surface area is 179 Å². The summed E-state index contributed by atoms with van der Waals surface area (Å²) in [7, 11) is 0. The molecule has 0 radical (unpaired) electrons. The van der Waals surface area contributed by atoms with E-state index in [2.05, 4.69) is 17.3 Å². The Morgan fingerprint density at radius 1 is 1.13 bits per heavy atom. The van der Waals surface area contributed by atoms with Crippen molar-refractivity contribution < 1.29 is 14.3 Å². The van der Waals surface area contributed by atoms with Gasteiger partial charge in [-0.05, 0) is 30.7 Å². The molecule has 1 heterocycles. The Morgan fingerprint density at radius 3 is 2.65 bits per heavy atom. The number of esters is 1. The highest BCUT2D eigenvalue weighted by molar-refractivity contribution is 6.03. The topological polar surface area (TPSA) is 114 Å². The number of anilines is 1. The van der Waals surface area contributed by atoms with Gasteiger partial charge in [-0.2, -0.15) is 10.4 Å². The normalized spacial score (nSPS) is 10.5. The number of amides is 1. The van der Waals surface area contributed by atoms with Gasteiger partial charge in [0.15, 0.2) is 12.3 Å². The van der Waals surface area contributed by atoms with Gasteiger partial charge in [-0.3, -0.25) is 9.59 Å². The van der Waals surface area contributed by atoms with Crippen LogP contribution in [-0.4, -0.2) is 28.3 Å². The number of benzene rings is 2. The van der Waals surface area contributed by atoms with Crippen LogP contribution in [0.5, 0.6) is 0 Å². The Morgan fingerprint density at radius 2 is 1.90 bits per heavy atom. The van der Waals surface area contributed by atoms with E-state index in [0.717, 1.165) is 19.3 Å². The molecule has 0 unspecified atom stereocenters. The standard InChI is InChI=1S/C23H22N4O4/c1-2-3-6-12-27-22(29)19-11-5-4-10-18(19)21(26-27)23(30)31-15-20(28)25-17-9-7-8-16(13-17)14-24/h4-5,7-11,13H,2-3,6,12,15H2,1H3,(H,25,28). The first-order valence-corrected chi connectivity index (χ1v) is 10.0. The molecule has 0 saturated heterocycles. The third-order valence-electron chi connectivity index (χ3n) is 4.64. The number of fused-ring (bicyclic) bond motifs is 1. The highest BCUT2D eigenvalue weighted by atomic mass is 16.5. The van der Waals surface area contributed by atoms with Crippen molar-refractivity contribution in [2.75, 3.05) is 11.9 Å². The van der Waals surface area contributed by atoms with Crippen molar-refractivity contribution in [3.8, 4) is 6.07 Å². The van der Waals surface area contributed by atoms with Crippen LogP contribution in [0, 0.1) is 11.3 Å². The van der Waals surface area contributed by atoms with Gasteiger partial charge >= 0.3 is 5.97 Å². The first-order chi connectivity index (χ1) is 15.0. The summed E-state index contributed by atoms with van der Waals surface area (Å²) in [5.41, 5.74) is 0.549. The zero-order chi connectivity index (χ0) is 22.2. The molecular formula is C23H22N4O4. The van der Waals surface area contributed by atoms with E-state index in [0.29, 0.717) is 28.6 Å². The largest absolute Gasteiger partial charge is 0.451 e. The van der Waals surface area contributed by atoms with Gasteiger partial charge in [-0.25, -0.2) is 9.48 Å². The van der Waals surface area contributed by atoms with Gasteiger partial charge < -0.3 is 10.1 Å². The second kappa shape index (κ2) is 10.2. The Kier molecular flexibility index (Phi) is 7.12. The fourth-order valence-electron chi connectivity index (χ4n) is 3.11. The van der Waals surface area contributed by atoms with Crippen LogP contribution in [-0.2, 0) is 16.1 Å². The molecule has 0 aliphatic carbocycles. The lowest BCUT2D eigenvalue weighted by Gasteiger charge is -2.11. The number of aromatic nitrogens is 2. The molecule has 1 aromatic heterocycles. The molecular weight excluding hydrogens is 396 g/mol. The molecule has 31 heavy (non-hydrogen) atoms. The van der Waals surface area contributed by atoms with Crippen molar-refractivity contribution in [2.45, 2.75) is 32.7 Å². The van der Waals surface area contributed by atoms with Crippen molar-refractivity contribution in [1.29, 1.82) is 5.26 Å². The van der Waals surface area contributed by atoms with Crippen LogP contribution in [0.3, 0.4) is 0 Å². The lowest BCUT2D eigenvalue weighted by Crippen LogP contribution is -2.28. The molecule has 1 amide bonds. The SMILES string of the molecule is CCCCCn1nc(C(=O)OCC(=O)Nc2cccc(C#N)c2)c2ccccc2c1=O. The smallest absolute Gasteiger partial charge is 0.359 e. The summed E-state index contributed by atoms with van der Waals surface area (Å²) in [5, 5.41) is 16.5. The molecule has 158 valence electrons. The van der Waals surface area contributed by atoms with Crippen LogP contribution >= 0.6 is 0 Å². The van der Waals surface area contributed by atoms with Gasteiger partial charge in [-0.15, -0.1) is 0 Å². The minimum atomic E-state index is -0.790. The van der Waals surface area contributed by atoms with E-state index in [1.807, 2.05) is 6.07 Å². The van der Waals surface area contributed by atoms with Crippen molar-refractivity contribution in [2.24, 2.45) is 0 Å². The van der Waals surface area contributed by atoms with Gasteiger partial charge in [0, 0.05) is 17.6 Å². The summed E-state index contributed by atoms with van der Waals surface area (Å²) in [6.45, 7) is 1.93. The van der Waals surface area contributed by atoms with Crippen LogP contribution in [0.4, 0.5) is 5.69 Å². The lowest BCUT2D eigenvalue weighted by molar-refractivity contribution is -0.119. The van der Waals surface area contributed by atoms with Crippen molar-refractivity contribution >= 4 is 28.3 Å². The number of rotatable bonds is 8. The summed E-state index contributed by atoms with van der Waals surface area (Å²) in [6.07, 6.45) is 2.69. The number of unbranched alkanes of at least 4 members (excludes halogenated alkanes) is 2. The number of aryl methyl sites for hydroxylation is 1.